The lowest BCUT2D eigenvalue weighted by atomic mass is 9.89. The molecular formula is C17H19NO5. The van der Waals surface area contributed by atoms with E-state index in [1.54, 1.807) is 36.3 Å². The molecule has 1 aliphatic heterocycles. The fourth-order valence-corrected chi connectivity index (χ4v) is 2.60. The van der Waals surface area contributed by atoms with Gasteiger partial charge in [0.05, 0.1) is 7.11 Å². The van der Waals surface area contributed by atoms with Gasteiger partial charge in [-0.1, -0.05) is 0 Å². The summed E-state index contributed by atoms with van der Waals surface area (Å²) in [4.78, 5) is 36.2. The number of likely N-dealkylation sites (tertiary alicyclic amines) is 1. The zero-order valence-corrected chi connectivity index (χ0v) is 12.9. The number of hydrogen-bond acceptors (Lipinski definition) is 4. The van der Waals surface area contributed by atoms with Crippen LogP contribution in [0.3, 0.4) is 0 Å². The van der Waals surface area contributed by atoms with E-state index in [-0.39, 0.29) is 17.6 Å². The molecule has 0 unspecified atom stereocenters. The topological polar surface area (TPSA) is 83.9 Å². The summed E-state index contributed by atoms with van der Waals surface area (Å²) in [6.45, 7) is 0.907. The Bertz CT molecular complexity index is 612. The number of carboxylic acids is 1. The zero-order chi connectivity index (χ0) is 16.8. The number of Topliss-reactive ketones (excluding diaryl/α,β-unsaturated/α-hetero) is 1. The summed E-state index contributed by atoms with van der Waals surface area (Å²) in [6.07, 6.45) is 3.04. The summed E-state index contributed by atoms with van der Waals surface area (Å²) in [6, 6.07) is 6.99. The SMILES string of the molecule is COc1ccc(C(=O)C2CCN(C(=O)C=CC(=O)O)CC2)cc1. The molecule has 0 atom stereocenters. The van der Waals surface area contributed by atoms with Crippen molar-refractivity contribution in [3.05, 3.63) is 42.0 Å². The van der Waals surface area contributed by atoms with Gasteiger partial charge in [-0.3, -0.25) is 9.59 Å². The van der Waals surface area contributed by atoms with Gasteiger partial charge in [-0.2, -0.15) is 0 Å². The van der Waals surface area contributed by atoms with Gasteiger partial charge in [0.15, 0.2) is 5.78 Å². The van der Waals surface area contributed by atoms with Gasteiger partial charge in [0.25, 0.3) is 0 Å². The number of ketones is 1. The van der Waals surface area contributed by atoms with E-state index in [2.05, 4.69) is 0 Å². The standard InChI is InChI=1S/C17H19NO5/c1-23-14-4-2-12(3-5-14)17(22)13-8-10-18(11-9-13)15(19)6-7-16(20)21/h2-7,13H,8-11H2,1H3,(H,20,21). The fraction of sp³-hybridized carbons (Fsp3) is 0.353. The van der Waals surface area contributed by atoms with Crippen LogP contribution in [0.1, 0.15) is 23.2 Å². The first kappa shape index (κ1) is 16.7. The number of piperidine rings is 1. The minimum Gasteiger partial charge on any atom is -0.497 e. The van der Waals surface area contributed by atoms with Gasteiger partial charge in [0.1, 0.15) is 5.75 Å². The van der Waals surface area contributed by atoms with Crippen molar-refractivity contribution in [1.82, 2.24) is 4.90 Å². The molecule has 0 saturated carbocycles. The maximum atomic E-state index is 12.5. The average molecular weight is 317 g/mol. The van der Waals surface area contributed by atoms with Crippen LogP contribution in [0.4, 0.5) is 0 Å². The van der Waals surface area contributed by atoms with Crippen molar-refractivity contribution in [1.29, 1.82) is 0 Å². The molecule has 0 radical (unpaired) electrons. The van der Waals surface area contributed by atoms with Crippen molar-refractivity contribution in [2.24, 2.45) is 5.92 Å². The van der Waals surface area contributed by atoms with Gasteiger partial charge in [0, 0.05) is 36.7 Å². The largest absolute Gasteiger partial charge is 0.497 e. The van der Waals surface area contributed by atoms with E-state index in [0.29, 0.717) is 37.2 Å². The number of rotatable bonds is 5. The van der Waals surface area contributed by atoms with Gasteiger partial charge in [-0.25, -0.2) is 4.79 Å². The van der Waals surface area contributed by atoms with Crippen LogP contribution in [0, 0.1) is 5.92 Å². The fourth-order valence-electron chi connectivity index (χ4n) is 2.60. The van der Waals surface area contributed by atoms with Crippen molar-refractivity contribution >= 4 is 17.7 Å². The van der Waals surface area contributed by atoms with E-state index >= 15 is 0 Å². The third-order valence-corrected chi connectivity index (χ3v) is 3.92. The number of carbonyl (C=O) groups is 3. The molecular weight excluding hydrogens is 298 g/mol. The lowest BCUT2D eigenvalue weighted by Crippen LogP contribution is -2.39. The molecule has 1 fully saturated rings. The lowest BCUT2D eigenvalue weighted by Gasteiger charge is -2.30. The van der Waals surface area contributed by atoms with Crippen LogP contribution in [0.5, 0.6) is 5.75 Å². The Labute approximate surface area is 134 Å². The number of aliphatic carboxylic acids is 1. The van der Waals surface area contributed by atoms with Crippen LogP contribution in [-0.2, 0) is 9.59 Å². The van der Waals surface area contributed by atoms with Crippen LogP contribution < -0.4 is 4.74 Å². The summed E-state index contributed by atoms with van der Waals surface area (Å²) < 4.78 is 5.07. The monoisotopic (exact) mass is 317 g/mol. The van der Waals surface area contributed by atoms with Gasteiger partial charge in [0.2, 0.25) is 5.91 Å². The highest BCUT2D eigenvalue weighted by Gasteiger charge is 2.27. The minimum absolute atomic E-state index is 0.0702. The van der Waals surface area contributed by atoms with Crippen LogP contribution in [0.25, 0.3) is 0 Å². The third kappa shape index (κ3) is 4.42. The molecule has 2 rings (SSSR count). The number of carboxylic acid groups (broad SMARTS) is 1. The molecule has 1 N–H and O–H groups in total. The van der Waals surface area contributed by atoms with Crippen LogP contribution in [0.2, 0.25) is 0 Å². The maximum Gasteiger partial charge on any atom is 0.328 e. The Kier molecular flexibility index (Phi) is 5.51. The van der Waals surface area contributed by atoms with E-state index < -0.39 is 5.97 Å². The molecule has 1 aromatic rings. The first-order chi connectivity index (χ1) is 11.0. The molecule has 0 aliphatic carbocycles. The first-order valence-electron chi connectivity index (χ1n) is 7.39. The van der Waals surface area contributed by atoms with E-state index in [9.17, 15) is 14.4 Å². The predicted molar refractivity (Wildman–Crippen MR) is 83.4 cm³/mol. The molecule has 6 nitrogen and oxygen atoms in total. The van der Waals surface area contributed by atoms with Crippen molar-refractivity contribution in [3.8, 4) is 5.75 Å². The molecule has 0 aromatic heterocycles. The number of methoxy groups -OCH3 is 1. The number of ether oxygens (including phenoxy) is 1. The molecule has 122 valence electrons. The van der Waals surface area contributed by atoms with Gasteiger partial charge < -0.3 is 14.7 Å². The normalized spacial score (nSPS) is 15.6. The Morgan fingerprint density at radius 3 is 2.26 bits per heavy atom. The summed E-state index contributed by atoms with van der Waals surface area (Å²) in [5.74, 6) is -0.824. The number of benzene rings is 1. The van der Waals surface area contributed by atoms with E-state index in [1.807, 2.05) is 0 Å². The summed E-state index contributed by atoms with van der Waals surface area (Å²) in [5, 5.41) is 8.53. The van der Waals surface area contributed by atoms with Crippen LogP contribution in [-0.4, -0.2) is 47.9 Å². The van der Waals surface area contributed by atoms with Gasteiger partial charge in [-0.05, 0) is 37.1 Å². The Hall–Kier alpha value is -2.63. The quantitative estimate of drug-likeness (QED) is 0.661. The van der Waals surface area contributed by atoms with Crippen molar-refractivity contribution in [2.45, 2.75) is 12.8 Å². The molecule has 23 heavy (non-hydrogen) atoms. The summed E-state index contributed by atoms with van der Waals surface area (Å²) in [5.41, 5.74) is 0.640. The Morgan fingerprint density at radius 2 is 1.74 bits per heavy atom. The highest BCUT2D eigenvalue weighted by molar-refractivity contribution is 5.98. The maximum absolute atomic E-state index is 12.5. The predicted octanol–water partition coefficient (Wildman–Crippen LogP) is 1.76. The molecule has 1 heterocycles. The van der Waals surface area contributed by atoms with Crippen molar-refractivity contribution < 1.29 is 24.2 Å². The lowest BCUT2D eigenvalue weighted by molar-refractivity contribution is -0.132. The minimum atomic E-state index is -1.15. The Morgan fingerprint density at radius 1 is 1.13 bits per heavy atom. The molecule has 1 aromatic carbocycles. The van der Waals surface area contributed by atoms with Gasteiger partial charge >= 0.3 is 5.97 Å². The molecule has 1 saturated heterocycles. The highest BCUT2D eigenvalue weighted by atomic mass is 16.5. The molecule has 1 aliphatic rings. The van der Waals surface area contributed by atoms with E-state index in [1.165, 1.54) is 0 Å². The number of hydrogen-bond donors (Lipinski definition) is 1. The Balaban J connectivity index is 1.91. The zero-order valence-electron chi connectivity index (χ0n) is 12.9. The van der Waals surface area contributed by atoms with E-state index in [0.717, 1.165) is 12.2 Å². The molecule has 6 heteroatoms. The second-order valence-corrected chi connectivity index (χ2v) is 5.36. The van der Waals surface area contributed by atoms with E-state index in [4.69, 9.17) is 9.84 Å². The smallest absolute Gasteiger partial charge is 0.328 e. The highest BCUT2D eigenvalue weighted by Crippen LogP contribution is 2.23. The summed E-state index contributed by atoms with van der Waals surface area (Å²) in [7, 11) is 1.57. The van der Waals surface area contributed by atoms with Gasteiger partial charge in [-0.15, -0.1) is 0 Å². The summed E-state index contributed by atoms with van der Waals surface area (Å²) >= 11 is 0. The number of carbonyl (C=O) groups excluding carboxylic acids is 2. The molecule has 0 bridgehead atoms. The van der Waals surface area contributed by atoms with Crippen molar-refractivity contribution in [3.63, 3.8) is 0 Å². The van der Waals surface area contributed by atoms with Crippen LogP contribution in [0.15, 0.2) is 36.4 Å². The second kappa shape index (κ2) is 7.58. The first-order valence-corrected chi connectivity index (χ1v) is 7.39. The number of amides is 1. The molecule has 0 spiro atoms. The molecule has 1 amide bonds. The second-order valence-electron chi connectivity index (χ2n) is 5.36. The van der Waals surface area contributed by atoms with Crippen LogP contribution >= 0.6 is 0 Å². The number of nitrogens with zero attached hydrogens (tertiary/aromatic N) is 1. The van der Waals surface area contributed by atoms with Crippen molar-refractivity contribution in [2.75, 3.05) is 20.2 Å². The third-order valence-electron chi connectivity index (χ3n) is 3.92. The average Bonchev–Trinajstić information content (AvgIpc) is 2.59.